The first-order chi connectivity index (χ1) is 11.3. The van der Waals surface area contributed by atoms with Crippen LogP contribution in [0.2, 0.25) is 0 Å². The molecule has 4 atom stereocenters. The van der Waals surface area contributed by atoms with Gasteiger partial charge in [0, 0.05) is 17.5 Å². The molecule has 2 aromatic rings. The number of amides is 1. The number of hydrogen-bond donors (Lipinski definition) is 2. The summed E-state index contributed by atoms with van der Waals surface area (Å²) in [6.07, 6.45) is 2.23. The summed E-state index contributed by atoms with van der Waals surface area (Å²) in [5.41, 5.74) is 0.945. The van der Waals surface area contributed by atoms with E-state index in [4.69, 9.17) is 0 Å². The summed E-state index contributed by atoms with van der Waals surface area (Å²) in [4.78, 5) is 15.4. The van der Waals surface area contributed by atoms with Gasteiger partial charge in [0.1, 0.15) is 17.3 Å². The zero-order valence-corrected chi connectivity index (χ0v) is 14.1. The second-order valence-corrected chi connectivity index (χ2v) is 8.07. The largest absolute Gasteiger partial charge is 0.350 e. The van der Waals surface area contributed by atoms with E-state index >= 15 is 0 Å². The van der Waals surface area contributed by atoms with Gasteiger partial charge in [-0.15, -0.1) is 0 Å². The van der Waals surface area contributed by atoms with Crippen LogP contribution in [0.3, 0.4) is 0 Å². The number of halogens is 2. The van der Waals surface area contributed by atoms with Crippen molar-refractivity contribution in [2.75, 3.05) is 0 Å². The monoisotopic (exact) mass is 332 g/mol. The molecule has 0 spiro atoms. The molecule has 1 amide bonds. The highest BCUT2D eigenvalue weighted by Gasteiger charge is 2.56. The molecule has 0 radical (unpaired) electrons. The number of benzene rings is 1. The van der Waals surface area contributed by atoms with Crippen LogP contribution in [0.25, 0.3) is 10.9 Å². The number of hydrogen-bond acceptors (Lipinski definition) is 1. The van der Waals surface area contributed by atoms with Gasteiger partial charge in [0.2, 0.25) is 0 Å². The maximum atomic E-state index is 13.8. The normalized spacial score (nSPS) is 30.9. The van der Waals surface area contributed by atoms with Gasteiger partial charge in [0.05, 0.1) is 5.52 Å². The van der Waals surface area contributed by atoms with Gasteiger partial charge in [0.25, 0.3) is 5.91 Å². The molecule has 3 nitrogen and oxygen atoms in total. The molecule has 0 unspecified atom stereocenters. The van der Waals surface area contributed by atoms with Gasteiger partial charge >= 0.3 is 0 Å². The predicted octanol–water partition coefficient (Wildman–Crippen LogP) is 4.25. The molecule has 3 aliphatic carbocycles. The highest BCUT2D eigenvalue weighted by atomic mass is 19.1. The first kappa shape index (κ1) is 15.6. The summed E-state index contributed by atoms with van der Waals surface area (Å²) in [5, 5.41) is 3.33. The molecule has 5 heteroatoms. The number of rotatable bonds is 2. The van der Waals surface area contributed by atoms with Crippen LogP contribution in [-0.2, 0) is 0 Å². The third-order valence-electron chi connectivity index (χ3n) is 6.57. The molecule has 1 heterocycles. The number of H-pyrrole nitrogens is 1. The summed E-state index contributed by atoms with van der Waals surface area (Å²) in [5.74, 6) is 0.148. The molecule has 3 saturated carbocycles. The van der Waals surface area contributed by atoms with Crippen molar-refractivity contribution in [3.63, 3.8) is 0 Å². The van der Waals surface area contributed by atoms with Gasteiger partial charge in [-0.1, -0.05) is 20.8 Å². The Labute approximate surface area is 139 Å². The molecule has 5 rings (SSSR count). The topological polar surface area (TPSA) is 44.9 Å². The first-order valence-corrected chi connectivity index (χ1v) is 8.56. The van der Waals surface area contributed by atoms with Gasteiger partial charge in [-0.3, -0.25) is 4.79 Å². The Balaban J connectivity index is 1.54. The Bertz CT molecular complexity index is 826. The molecule has 2 bridgehead atoms. The number of fused-ring (bicyclic) bond motifs is 3. The molecule has 2 N–H and O–H groups in total. The van der Waals surface area contributed by atoms with Crippen molar-refractivity contribution in [2.45, 2.75) is 39.7 Å². The molecule has 3 aliphatic rings. The van der Waals surface area contributed by atoms with Crippen LogP contribution in [0.15, 0.2) is 18.2 Å². The summed E-state index contributed by atoms with van der Waals surface area (Å²) < 4.78 is 27.1. The lowest BCUT2D eigenvalue weighted by Crippen LogP contribution is -2.60. The summed E-state index contributed by atoms with van der Waals surface area (Å²) in [7, 11) is 0. The van der Waals surface area contributed by atoms with Gasteiger partial charge in [-0.05, 0) is 48.1 Å². The van der Waals surface area contributed by atoms with E-state index in [0.717, 1.165) is 12.5 Å². The van der Waals surface area contributed by atoms with Crippen LogP contribution in [0, 0.1) is 34.8 Å². The SMILES string of the molecule is C[C@H]1[C@@H](NC(=O)c2cc3c(F)cc(F)cc3[nH]2)C[C@@H]2C[C@H]1C2(C)C. The van der Waals surface area contributed by atoms with Crippen molar-refractivity contribution in [3.8, 4) is 0 Å². The summed E-state index contributed by atoms with van der Waals surface area (Å²) >= 11 is 0. The Morgan fingerprint density at radius 3 is 2.67 bits per heavy atom. The van der Waals surface area contributed by atoms with Crippen molar-refractivity contribution in [3.05, 3.63) is 35.5 Å². The van der Waals surface area contributed by atoms with Crippen LogP contribution in [0.5, 0.6) is 0 Å². The zero-order valence-electron chi connectivity index (χ0n) is 14.1. The quantitative estimate of drug-likeness (QED) is 0.848. The number of nitrogens with one attached hydrogen (secondary N) is 2. The van der Waals surface area contributed by atoms with Crippen LogP contribution in [0.4, 0.5) is 8.78 Å². The predicted molar refractivity (Wildman–Crippen MR) is 88.6 cm³/mol. The molecule has 3 fully saturated rings. The van der Waals surface area contributed by atoms with E-state index in [2.05, 4.69) is 31.1 Å². The third-order valence-corrected chi connectivity index (χ3v) is 6.57. The molecule has 128 valence electrons. The van der Waals surface area contributed by atoms with E-state index in [1.165, 1.54) is 18.6 Å². The van der Waals surface area contributed by atoms with Gasteiger partial charge in [-0.2, -0.15) is 0 Å². The standard InChI is InChI=1S/C19H22F2N2O/c1-9-13-4-10(19(13,2)3)5-15(9)23-18(24)17-8-12-14(21)6-11(20)7-16(12)22-17/h6-10,13,15,22H,4-5H2,1-3H3,(H,23,24)/t9-,10+,13-,15+/m1/s1. The lowest BCUT2D eigenvalue weighted by Gasteiger charge is -2.62. The Hall–Kier alpha value is -1.91. The third kappa shape index (κ3) is 2.17. The van der Waals surface area contributed by atoms with Crippen molar-refractivity contribution in [2.24, 2.45) is 23.2 Å². The van der Waals surface area contributed by atoms with E-state index in [-0.39, 0.29) is 23.0 Å². The van der Waals surface area contributed by atoms with Crippen LogP contribution < -0.4 is 5.32 Å². The van der Waals surface area contributed by atoms with E-state index in [0.29, 0.717) is 28.7 Å². The van der Waals surface area contributed by atoms with Crippen molar-refractivity contribution >= 4 is 16.8 Å². The average molecular weight is 332 g/mol. The van der Waals surface area contributed by atoms with Crippen molar-refractivity contribution < 1.29 is 13.6 Å². The van der Waals surface area contributed by atoms with Crippen LogP contribution >= 0.6 is 0 Å². The number of carbonyl (C=O) groups excluding carboxylic acids is 1. The second-order valence-electron chi connectivity index (χ2n) is 8.07. The van der Waals surface area contributed by atoms with Crippen LogP contribution in [-0.4, -0.2) is 16.9 Å². The van der Waals surface area contributed by atoms with Gasteiger partial charge < -0.3 is 10.3 Å². The lowest BCUT2D eigenvalue weighted by atomic mass is 9.45. The molecule has 0 aliphatic heterocycles. The summed E-state index contributed by atoms with van der Waals surface area (Å²) in [6, 6.07) is 3.63. The minimum Gasteiger partial charge on any atom is -0.350 e. The number of aromatic amines is 1. The highest BCUT2D eigenvalue weighted by Crippen LogP contribution is 2.61. The van der Waals surface area contributed by atoms with E-state index < -0.39 is 11.6 Å². The Kier molecular flexibility index (Phi) is 3.28. The van der Waals surface area contributed by atoms with Gasteiger partial charge in [0.15, 0.2) is 0 Å². The lowest BCUT2D eigenvalue weighted by molar-refractivity contribution is -0.113. The van der Waals surface area contributed by atoms with E-state index in [1.807, 2.05) is 0 Å². The smallest absolute Gasteiger partial charge is 0.267 e. The second kappa shape index (κ2) is 5.04. The Morgan fingerprint density at radius 2 is 2.00 bits per heavy atom. The maximum Gasteiger partial charge on any atom is 0.267 e. The minimum absolute atomic E-state index is 0.141. The molecule has 1 aromatic heterocycles. The van der Waals surface area contributed by atoms with Crippen LogP contribution in [0.1, 0.15) is 44.1 Å². The zero-order chi connectivity index (χ0) is 17.2. The van der Waals surface area contributed by atoms with Crippen molar-refractivity contribution in [1.29, 1.82) is 0 Å². The fourth-order valence-corrected chi connectivity index (χ4v) is 4.87. The fraction of sp³-hybridized carbons (Fsp3) is 0.526. The average Bonchev–Trinajstić information content (AvgIpc) is 2.93. The first-order valence-electron chi connectivity index (χ1n) is 8.56. The minimum atomic E-state index is -0.658. The molecular formula is C19H22F2N2O. The molecule has 0 saturated heterocycles. The van der Waals surface area contributed by atoms with E-state index in [9.17, 15) is 13.6 Å². The number of carbonyl (C=O) groups is 1. The summed E-state index contributed by atoms with van der Waals surface area (Å²) in [6.45, 7) is 6.83. The molecular weight excluding hydrogens is 310 g/mol. The van der Waals surface area contributed by atoms with Crippen molar-refractivity contribution in [1.82, 2.24) is 10.3 Å². The molecule has 24 heavy (non-hydrogen) atoms. The fourth-order valence-electron chi connectivity index (χ4n) is 4.87. The maximum absolute atomic E-state index is 13.8. The Morgan fingerprint density at radius 1 is 1.25 bits per heavy atom. The van der Waals surface area contributed by atoms with E-state index in [1.54, 1.807) is 0 Å². The van der Waals surface area contributed by atoms with Gasteiger partial charge in [-0.25, -0.2) is 8.78 Å². The molecule has 1 aromatic carbocycles. The highest BCUT2D eigenvalue weighted by molar-refractivity contribution is 5.98. The number of aromatic nitrogens is 1.